The highest BCUT2D eigenvalue weighted by Crippen LogP contribution is 2.26. The van der Waals surface area contributed by atoms with Gasteiger partial charge in [-0.25, -0.2) is 0 Å². The molecule has 172 valence electrons. The molecule has 3 N–H and O–H groups in total. The van der Waals surface area contributed by atoms with Gasteiger partial charge in [0.25, 0.3) is 0 Å². The van der Waals surface area contributed by atoms with Gasteiger partial charge < -0.3 is 25.6 Å². The second-order valence-electron chi connectivity index (χ2n) is 7.74. The minimum absolute atomic E-state index is 0.0528. The zero-order valence-corrected chi connectivity index (χ0v) is 19.2. The Kier molecular flexibility index (Phi) is 8.30. The van der Waals surface area contributed by atoms with Crippen molar-refractivity contribution in [1.82, 2.24) is 5.32 Å². The van der Waals surface area contributed by atoms with E-state index in [0.717, 1.165) is 23.5 Å². The maximum atomic E-state index is 12.3. The van der Waals surface area contributed by atoms with Crippen LogP contribution < -0.4 is 25.6 Å². The van der Waals surface area contributed by atoms with Crippen LogP contribution in [0.25, 0.3) is 0 Å². The lowest BCUT2D eigenvalue weighted by Crippen LogP contribution is -2.36. The molecule has 0 bridgehead atoms. The molecule has 0 spiro atoms. The molecule has 3 aromatic carbocycles. The summed E-state index contributed by atoms with van der Waals surface area (Å²) in [6.07, 6.45) is 0. The van der Waals surface area contributed by atoms with Crippen LogP contribution in [0.1, 0.15) is 11.1 Å². The lowest BCUT2D eigenvalue weighted by molar-refractivity contribution is -0.122. The number of hydrogen-bond acceptors (Lipinski definition) is 5. The van der Waals surface area contributed by atoms with E-state index in [4.69, 9.17) is 4.74 Å². The minimum atomic E-state index is -0.324. The summed E-state index contributed by atoms with van der Waals surface area (Å²) >= 11 is 0. The van der Waals surface area contributed by atoms with Crippen LogP contribution in [-0.2, 0) is 16.1 Å². The fourth-order valence-electron chi connectivity index (χ4n) is 3.43. The lowest BCUT2D eigenvalue weighted by atomic mass is 10.2. The van der Waals surface area contributed by atoms with Crippen LogP contribution in [0.2, 0.25) is 0 Å². The first-order valence-corrected chi connectivity index (χ1v) is 10.8. The first kappa shape index (κ1) is 23.7. The fourth-order valence-corrected chi connectivity index (χ4v) is 3.43. The first-order chi connectivity index (χ1) is 16.0. The van der Waals surface area contributed by atoms with E-state index in [9.17, 15) is 9.59 Å². The molecule has 7 nitrogen and oxygen atoms in total. The molecule has 0 saturated heterocycles. The molecule has 0 aromatic heterocycles. The number of methoxy groups -OCH3 is 1. The standard InChI is InChI=1S/C26H30N4O3/c1-19-13-14-24(33-3)22(15-19)29-26(32)17-28-25(31)16-27-21-11-7-8-12-23(21)30(2)18-20-9-5-4-6-10-20/h4-15,27H,16-18H2,1-3H3,(H,28,31)(H,29,32). The third kappa shape index (κ3) is 7.00. The largest absolute Gasteiger partial charge is 0.495 e. The van der Waals surface area contributed by atoms with Crippen molar-refractivity contribution in [3.63, 3.8) is 0 Å². The summed E-state index contributed by atoms with van der Waals surface area (Å²) in [6.45, 7) is 2.59. The van der Waals surface area contributed by atoms with Gasteiger partial charge in [0, 0.05) is 13.6 Å². The van der Waals surface area contributed by atoms with Crippen LogP contribution in [-0.4, -0.2) is 39.1 Å². The molecule has 2 amide bonds. The van der Waals surface area contributed by atoms with Gasteiger partial charge in [-0.2, -0.15) is 0 Å². The molecule has 0 aliphatic heterocycles. The van der Waals surface area contributed by atoms with Crippen molar-refractivity contribution in [2.45, 2.75) is 13.5 Å². The Morgan fingerprint density at radius 3 is 2.36 bits per heavy atom. The van der Waals surface area contributed by atoms with E-state index in [1.165, 1.54) is 5.56 Å². The minimum Gasteiger partial charge on any atom is -0.495 e. The molecule has 0 fully saturated rings. The highest BCUT2D eigenvalue weighted by molar-refractivity contribution is 5.96. The van der Waals surface area contributed by atoms with Crippen LogP contribution in [0.4, 0.5) is 17.1 Å². The number of para-hydroxylation sites is 2. The number of nitrogens with one attached hydrogen (secondary N) is 3. The van der Waals surface area contributed by atoms with Crippen molar-refractivity contribution >= 4 is 28.9 Å². The molecule has 0 saturated carbocycles. The maximum Gasteiger partial charge on any atom is 0.243 e. The first-order valence-electron chi connectivity index (χ1n) is 10.8. The van der Waals surface area contributed by atoms with E-state index < -0.39 is 0 Å². The monoisotopic (exact) mass is 446 g/mol. The molecule has 0 radical (unpaired) electrons. The zero-order valence-electron chi connectivity index (χ0n) is 19.2. The lowest BCUT2D eigenvalue weighted by Gasteiger charge is -2.23. The molecular weight excluding hydrogens is 416 g/mol. The van der Waals surface area contributed by atoms with E-state index in [1.807, 2.05) is 68.6 Å². The average Bonchev–Trinajstić information content (AvgIpc) is 2.82. The maximum absolute atomic E-state index is 12.3. The van der Waals surface area contributed by atoms with Gasteiger partial charge in [-0.15, -0.1) is 0 Å². The molecule has 0 atom stereocenters. The third-order valence-electron chi connectivity index (χ3n) is 5.09. The van der Waals surface area contributed by atoms with E-state index in [-0.39, 0.29) is 24.9 Å². The normalized spacial score (nSPS) is 10.3. The SMILES string of the molecule is COc1ccc(C)cc1NC(=O)CNC(=O)CNc1ccccc1N(C)Cc1ccccc1. The van der Waals surface area contributed by atoms with Gasteiger partial charge >= 0.3 is 0 Å². The Hall–Kier alpha value is -4.00. The third-order valence-corrected chi connectivity index (χ3v) is 5.09. The smallest absolute Gasteiger partial charge is 0.243 e. The molecule has 33 heavy (non-hydrogen) atoms. The number of hydrogen-bond donors (Lipinski definition) is 3. The van der Waals surface area contributed by atoms with Crippen molar-refractivity contribution in [3.05, 3.63) is 83.9 Å². The van der Waals surface area contributed by atoms with Crippen molar-refractivity contribution in [2.75, 3.05) is 42.8 Å². The topological polar surface area (TPSA) is 82.7 Å². The highest BCUT2D eigenvalue weighted by atomic mass is 16.5. The summed E-state index contributed by atoms with van der Waals surface area (Å²) in [5.41, 5.74) is 4.60. The Labute approximate surface area is 194 Å². The Morgan fingerprint density at radius 2 is 1.61 bits per heavy atom. The van der Waals surface area contributed by atoms with Crippen LogP contribution in [0.15, 0.2) is 72.8 Å². The summed E-state index contributed by atoms with van der Waals surface area (Å²) in [6, 6.07) is 23.5. The summed E-state index contributed by atoms with van der Waals surface area (Å²) in [4.78, 5) is 26.7. The molecule has 0 heterocycles. The van der Waals surface area contributed by atoms with Gasteiger partial charge in [0.05, 0.1) is 37.3 Å². The Morgan fingerprint density at radius 1 is 0.879 bits per heavy atom. The molecule has 3 aromatic rings. The predicted octanol–water partition coefficient (Wildman–Crippen LogP) is 3.81. The van der Waals surface area contributed by atoms with Gasteiger partial charge in [-0.05, 0) is 42.3 Å². The number of nitrogens with zero attached hydrogens (tertiary/aromatic N) is 1. The summed E-state index contributed by atoms with van der Waals surface area (Å²) in [5, 5.41) is 8.59. The number of amides is 2. The van der Waals surface area contributed by atoms with Gasteiger partial charge in [-0.1, -0.05) is 48.5 Å². The molecular formula is C26H30N4O3. The number of rotatable bonds is 10. The predicted molar refractivity (Wildman–Crippen MR) is 133 cm³/mol. The van der Waals surface area contributed by atoms with Gasteiger partial charge in [-0.3, -0.25) is 9.59 Å². The molecule has 0 unspecified atom stereocenters. The van der Waals surface area contributed by atoms with Crippen molar-refractivity contribution in [1.29, 1.82) is 0 Å². The number of carbonyl (C=O) groups excluding carboxylic acids is 2. The van der Waals surface area contributed by atoms with Crippen molar-refractivity contribution in [3.8, 4) is 5.75 Å². The zero-order chi connectivity index (χ0) is 23.6. The Bertz CT molecular complexity index is 1090. The summed E-state index contributed by atoms with van der Waals surface area (Å²) in [7, 11) is 3.56. The summed E-state index contributed by atoms with van der Waals surface area (Å²) in [5.74, 6) is -0.0321. The van der Waals surface area contributed by atoms with Crippen molar-refractivity contribution in [2.24, 2.45) is 0 Å². The van der Waals surface area contributed by atoms with Gasteiger partial charge in [0.15, 0.2) is 0 Å². The average molecular weight is 447 g/mol. The number of anilines is 3. The van der Waals surface area contributed by atoms with E-state index in [0.29, 0.717) is 11.4 Å². The number of ether oxygens (including phenoxy) is 1. The van der Waals surface area contributed by atoms with E-state index >= 15 is 0 Å². The molecule has 0 aliphatic carbocycles. The molecule has 3 rings (SSSR count). The van der Waals surface area contributed by atoms with Crippen LogP contribution in [0.3, 0.4) is 0 Å². The quantitative estimate of drug-likeness (QED) is 0.441. The van der Waals surface area contributed by atoms with Crippen molar-refractivity contribution < 1.29 is 14.3 Å². The number of carbonyl (C=O) groups is 2. The number of aryl methyl sites for hydroxylation is 1. The second kappa shape index (κ2) is 11.6. The van der Waals surface area contributed by atoms with Gasteiger partial charge in [0.1, 0.15) is 5.75 Å². The van der Waals surface area contributed by atoms with Crippen LogP contribution in [0.5, 0.6) is 5.75 Å². The van der Waals surface area contributed by atoms with Crippen LogP contribution >= 0.6 is 0 Å². The number of benzene rings is 3. The van der Waals surface area contributed by atoms with E-state index in [1.54, 1.807) is 13.2 Å². The highest BCUT2D eigenvalue weighted by Gasteiger charge is 2.11. The van der Waals surface area contributed by atoms with Crippen LogP contribution in [0, 0.1) is 6.92 Å². The molecule has 0 aliphatic rings. The van der Waals surface area contributed by atoms with E-state index in [2.05, 4.69) is 33.0 Å². The summed E-state index contributed by atoms with van der Waals surface area (Å²) < 4.78 is 5.27. The Balaban J connectivity index is 1.51. The second-order valence-corrected chi connectivity index (χ2v) is 7.74. The van der Waals surface area contributed by atoms with Gasteiger partial charge in [0.2, 0.25) is 11.8 Å². The fraction of sp³-hybridized carbons (Fsp3) is 0.231. The molecule has 7 heteroatoms.